The number of hydrogen-bond acceptors (Lipinski definition) is 2. The van der Waals surface area contributed by atoms with Crippen LogP contribution in [-0.2, 0) is 0 Å². The lowest BCUT2D eigenvalue weighted by Gasteiger charge is -2.17. The summed E-state index contributed by atoms with van der Waals surface area (Å²) in [6.45, 7) is 5.75. The standard InChI is InChI=1S/C13H18ClNO/c1-9-4-5-10(8-11(9)14)12(16)6-7-13(2,3)15/h4-5,8H,6-7,15H2,1-3H3. The maximum Gasteiger partial charge on any atom is 0.162 e. The van der Waals surface area contributed by atoms with Gasteiger partial charge in [0.1, 0.15) is 0 Å². The molecule has 0 radical (unpaired) electrons. The van der Waals surface area contributed by atoms with Crippen LogP contribution in [0.1, 0.15) is 42.6 Å². The minimum atomic E-state index is -0.301. The molecule has 88 valence electrons. The Kier molecular flexibility index (Phi) is 4.11. The van der Waals surface area contributed by atoms with E-state index in [0.717, 1.165) is 5.56 Å². The highest BCUT2D eigenvalue weighted by Crippen LogP contribution is 2.19. The van der Waals surface area contributed by atoms with Crippen molar-refractivity contribution in [2.75, 3.05) is 0 Å². The number of ketones is 1. The summed E-state index contributed by atoms with van der Waals surface area (Å²) in [6, 6.07) is 5.40. The smallest absolute Gasteiger partial charge is 0.162 e. The lowest BCUT2D eigenvalue weighted by molar-refractivity contribution is 0.0972. The fraction of sp³-hybridized carbons (Fsp3) is 0.462. The Balaban J connectivity index is 2.70. The first-order valence-corrected chi connectivity index (χ1v) is 5.75. The summed E-state index contributed by atoms with van der Waals surface area (Å²) in [6.07, 6.45) is 1.14. The van der Waals surface area contributed by atoms with Gasteiger partial charge in [0, 0.05) is 22.5 Å². The van der Waals surface area contributed by atoms with E-state index in [1.807, 2.05) is 32.9 Å². The third kappa shape index (κ3) is 3.95. The van der Waals surface area contributed by atoms with Crippen LogP contribution in [0.3, 0.4) is 0 Å². The Hall–Kier alpha value is -0.860. The number of halogens is 1. The normalized spacial score (nSPS) is 11.6. The van der Waals surface area contributed by atoms with Crippen molar-refractivity contribution in [3.05, 3.63) is 34.3 Å². The van der Waals surface area contributed by atoms with Gasteiger partial charge >= 0.3 is 0 Å². The molecule has 1 aromatic carbocycles. The predicted molar refractivity (Wildman–Crippen MR) is 68.0 cm³/mol. The molecule has 0 saturated heterocycles. The van der Waals surface area contributed by atoms with Crippen LogP contribution >= 0.6 is 11.6 Å². The van der Waals surface area contributed by atoms with Gasteiger partial charge in [-0.1, -0.05) is 23.7 Å². The topological polar surface area (TPSA) is 43.1 Å². The first-order valence-electron chi connectivity index (χ1n) is 5.38. The molecule has 2 nitrogen and oxygen atoms in total. The molecule has 0 aliphatic rings. The number of carbonyl (C=O) groups excluding carboxylic acids is 1. The third-order valence-electron chi connectivity index (χ3n) is 2.49. The summed E-state index contributed by atoms with van der Waals surface area (Å²) in [5.74, 6) is 0.0976. The van der Waals surface area contributed by atoms with Gasteiger partial charge in [0.2, 0.25) is 0 Å². The number of aryl methyl sites for hydroxylation is 1. The summed E-state index contributed by atoms with van der Waals surface area (Å²) in [7, 11) is 0. The van der Waals surface area contributed by atoms with Crippen LogP contribution in [0.4, 0.5) is 0 Å². The van der Waals surface area contributed by atoms with Gasteiger partial charge in [0.25, 0.3) is 0 Å². The largest absolute Gasteiger partial charge is 0.326 e. The van der Waals surface area contributed by atoms with Crippen molar-refractivity contribution in [2.24, 2.45) is 5.73 Å². The second-order valence-corrected chi connectivity index (χ2v) is 5.28. The van der Waals surface area contributed by atoms with Crippen LogP contribution in [-0.4, -0.2) is 11.3 Å². The lowest BCUT2D eigenvalue weighted by Crippen LogP contribution is -2.32. The fourth-order valence-corrected chi connectivity index (χ4v) is 1.53. The van der Waals surface area contributed by atoms with E-state index in [2.05, 4.69) is 0 Å². The number of carbonyl (C=O) groups is 1. The average molecular weight is 240 g/mol. The van der Waals surface area contributed by atoms with Gasteiger partial charge < -0.3 is 5.73 Å². The molecule has 0 aliphatic heterocycles. The Morgan fingerprint density at radius 2 is 2.06 bits per heavy atom. The molecule has 1 aromatic rings. The Morgan fingerprint density at radius 1 is 1.44 bits per heavy atom. The average Bonchev–Trinajstić information content (AvgIpc) is 2.17. The summed E-state index contributed by atoms with van der Waals surface area (Å²) in [5.41, 5.74) is 7.19. The number of nitrogens with two attached hydrogens (primary N) is 1. The van der Waals surface area contributed by atoms with Crippen LogP contribution < -0.4 is 5.73 Å². The Labute approximate surface area is 102 Å². The number of hydrogen-bond donors (Lipinski definition) is 1. The van der Waals surface area contributed by atoms with E-state index in [1.54, 1.807) is 6.07 Å². The van der Waals surface area contributed by atoms with Crippen molar-refractivity contribution in [2.45, 2.75) is 39.2 Å². The summed E-state index contributed by atoms with van der Waals surface area (Å²) in [5, 5.41) is 0.637. The molecule has 0 unspecified atom stereocenters. The van der Waals surface area contributed by atoms with E-state index in [-0.39, 0.29) is 11.3 Å². The van der Waals surface area contributed by atoms with Crippen LogP contribution in [0.15, 0.2) is 18.2 Å². The van der Waals surface area contributed by atoms with Crippen molar-refractivity contribution in [3.8, 4) is 0 Å². The SMILES string of the molecule is Cc1ccc(C(=O)CCC(C)(C)N)cc1Cl. The van der Waals surface area contributed by atoms with Crippen molar-refractivity contribution in [1.29, 1.82) is 0 Å². The highest BCUT2D eigenvalue weighted by Gasteiger charge is 2.14. The van der Waals surface area contributed by atoms with E-state index in [0.29, 0.717) is 23.4 Å². The highest BCUT2D eigenvalue weighted by molar-refractivity contribution is 6.31. The van der Waals surface area contributed by atoms with E-state index in [9.17, 15) is 4.79 Å². The molecule has 0 saturated carbocycles. The van der Waals surface area contributed by atoms with Gasteiger partial charge in [-0.2, -0.15) is 0 Å². The minimum Gasteiger partial charge on any atom is -0.326 e. The highest BCUT2D eigenvalue weighted by atomic mass is 35.5. The molecule has 0 spiro atoms. The first kappa shape index (κ1) is 13.2. The van der Waals surface area contributed by atoms with E-state index in [4.69, 9.17) is 17.3 Å². The Morgan fingerprint density at radius 3 is 2.56 bits per heavy atom. The van der Waals surface area contributed by atoms with E-state index < -0.39 is 0 Å². The Bertz CT molecular complexity index is 393. The molecule has 0 amide bonds. The molecular weight excluding hydrogens is 222 g/mol. The lowest BCUT2D eigenvalue weighted by atomic mass is 9.96. The zero-order chi connectivity index (χ0) is 12.3. The maximum atomic E-state index is 11.8. The van der Waals surface area contributed by atoms with Gasteiger partial charge in [0.05, 0.1) is 0 Å². The van der Waals surface area contributed by atoms with Gasteiger partial charge in [-0.15, -0.1) is 0 Å². The van der Waals surface area contributed by atoms with Crippen molar-refractivity contribution in [1.82, 2.24) is 0 Å². The third-order valence-corrected chi connectivity index (χ3v) is 2.90. The molecule has 3 heteroatoms. The van der Waals surface area contributed by atoms with Crippen LogP contribution in [0.25, 0.3) is 0 Å². The van der Waals surface area contributed by atoms with Crippen molar-refractivity contribution >= 4 is 17.4 Å². The molecule has 1 rings (SSSR count). The molecule has 0 aliphatic carbocycles. The number of rotatable bonds is 4. The second kappa shape index (κ2) is 4.98. The summed E-state index contributed by atoms with van der Waals surface area (Å²) in [4.78, 5) is 11.8. The molecule has 0 fully saturated rings. The molecule has 0 aromatic heterocycles. The second-order valence-electron chi connectivity index (χ2n) is 4.88. The van der Waals surface area contributed by atoms with Gasteiger partial charge in [-0.25, -0.2) is 0 Å². The molecular formula is C13H18ClNO. The molecule has 0 atom stereocenters. The summed E-state index contributed by atoms with van der Waals surface area (Å²) >= 11 is 5.97. The van der Waals surface area contributed by atoms with Crippen LogP contribution in [0, 0.1) is 6.92 Å². The maximum absolute atomic E-state index is 11.8. The number of Topliss-reactive ketones (excluding diaryl/α,β-unsaturated/α-hetero) is 1. The van der Waals surface area contributed by atoms with E-state index >= 15 is 0 Å². The van der Waals surface area contributed by atoms with Crippen LogP contribution in [0.5, 0.6) is 0 Å². The zero-order valence-electron chi connectivity index (χ0n) is 10.0. The minimum absolute atomic E-state index is 0.0976. The van der Waals surface area contributed by atoms with Crippen molar-refractivity contribution in [3.63, 3.8) is 0 Å². The van der Waals surface area contributed by atoms with Crippen LogP contribution in [0.2, 0.25) is 5.02 Å². The van der Waals surface area contributed by atoms with E-state index in [1.165, 1.54) is 0 Å². The monoisotopic (exact) mass is 239 g/mol. The predicted octanol–water partition coefficient (Wildman–Crippen LogP) is 3.35. The molecule has 16 heavy (non-hydrogen) atoms. The van der Waals surface area contributed by atoms with Crippen molar-refractivity contribution < 1.29 is 4.79 Å². The molecule has 2 N–H and O–H groups in total. The van der Waals surface area contributed by atoms with Gasteiger partial charge in [0.15, 0.2) is 5.78 Å². The first-order chi connectivity index (χ1) is 7.29. The molecule has 0 heterocycles. The fourth-order valence-electron chi connectivity index (χ4n) is 1.35. The quantitative estimate of drug-likeness (QED) is 0.819. The zero-order valence-corrected chi connectivity index (χ0v) is 10.8. The van der Waals surface area contributed by atoms with Gasteiger partial charge in [-0.05, 0) is 38.8 Å². The summed E-state index contributed by atoms with van der Waals surface area (Å²) < 4.78 is 0. The molecule has 0 bridgehead atoms. The van der Waals surface area contributed by atoms with Gasteiger partial charge in [-0.3, -0.25) is 4.79 Å². The number of benzene rings is 1.